The summed E-state index contributed by atoms with van der Waals surface area (Å²) < 4.78 is 0. The Hall–Kier alpha value is -3.83. The van der Waals surface area contributed by atoms with Gasteiger partial charge in [-0.25, -0.2) is 15.0 Å². The van der Waals surface area contributed by atoms with Crippen LogP contribution >= 0.6 is 0 Å². The number of aliphatic hydroxyl groups is 1. The lowest BCUT2D eigenvalue weighted by Crippen LogP contribution is -2.56. The van der Waals surface area contributed by atoms with Gasteiger partial charge in [-0.2, -0.15) is 5.26 Å². The molecule has 1 saturated heterocycles. The lowest BCUT2D eigenvalue weighted by molar-refractivity contribution is -0.135. The number of nitriles is 1. The summed E-state index contributed by atoms with van der Waals surface area (Å²) in [5, 5.41) is 20.5. The molecular weight excluding hydrogens is 464 g/mol. The average molecular weight is 495 g/mol. The van der Waals surface area contributed by atoms with Gasteiger partial charge in [0, 0.05) is 49.1 Å². The summed E-state index contributed by atoms with van der Waals surface area (Å²) in [6.45, 7) is 5.63. The highest BCUT2D eigenvalue weighted by molar-refractivity contribution is 5.95. The number of carbonyl (C=O) groups excluding carboxylic acids is 1. The average Bonchev–Trinajstić information content (AvgIpc) is 3.85. The van der Waals surface area contributed by atoms with Crippen molar-refractivity contribution in [3.8, 4) is 17.2 Å². The lowest BCUT2D eigenvalue weighted by Gasteiger charge is -2.42. The highest BCUT2D eigenvalue weighted by Crippen LogP contribution is 2.46. The van der Waals surface area contributed by atoms with Gasteiger partial charge in [0.2, 0.25) is 5.91 Å². The van der Waals surface area contributed by atoms with E-state index in [0.29, 0.717) is 48.5 Å². The summed E-state index contributed by atoms with van der Waals surface area (Å²) in [4.78, 5) is 31.1. The molecule has 1 aliphatic heterocycles. The zero-order valence-corrected chi connectivity index (χ0v) is 20.8. The molecule has 2 aliphatic carbocycles. The number of anilines is 1. The first-order valence-corrected chi connectivity index (χ1v) is 13.1. The second-order valence-corrected chi connectivity index (χ2v) is 10.3. The molecule has 1 N–H and O–H groups in total. The molecule has 8 heteroatoms. The van der Waals surface area contributed by atoms with Crippen molar-refractivity contribution in [3.63, 3.8) is 0 Å². The van der Waals surface area contributed by atoms with Crippen LogP contribution in [0, 0.1) is 17.2 Å². The quantitative estimate of drug-likeness (QED) is 0.531. The van der Waals surface area contributed by atoms with Crippen molar-refractivity contribution in [2.45, 2.75) is 44.1 Å². The predicted octanol–water partition coefficient (Wildman–Crippen LogP) is 3.89. The monoisotopic (exact) mass is 494 g/mol. The Bertz CT molecular complexity index is 1420. The number of rotatable bonds is 7. The smallest absolute Gasteiger partial charge is 0.225 e. The zero-order valence-electron chi connectivity index (χ0n) is 20.8. The van der Waals surface area contributed by atoms with E-state index in [9.17, 15) is 15.2 Å². The van der Waals surface area contributed by atoms with E-state index >= 15 is 0 Å². The van der Waals surface area contributed by atoms with E-state index in [2.05, 4.69) is 27.5 Å². The Morgan fingerprint density at radius 3 is 2.73 bits per heavy atom. The van der Waals surface area contributed by atoms with Gasteiger partial charge in [0.25, 0.3) is 0 Å². The third kappa shape index (κ3) is 4.44. The molecule has 3 aromatic heterocycles. The molecule has 188 valence electrons. The fraction of sp³-hybridized carbons (Fsp3) is 0.414. The third-order valence-corrected chi connectivity index (χ3v) is 7.75. The first-order chi connectivity index (χ1) is 18.1. The van der Waals surface area contributed by atoms with Gasteiger partial charge in [-0.3, -0.25) is 4.79 Å². The van der Waals surface area contributed by atoms with Crippen LogP contribution in [0.1, 0.15) is 55.0 Å². The maximum atomic E-state index is 12.7. The fourth-order valence-corrected chi connectivity index (χ4v) is 5.56. The lowest BCUT2D eigenvalue weighted by atomic mass is 9.96. The Kier molecular flexibility index (Phi) is 6.09. The molecule has 1 atom stereocenters. The Labute approximate surface area is 216 Å². The molecule has 0 radical (unpaired) electrons. The predicted molar refractivity (Wildman–Crippen MR) is 142 cm³/mol. The molecule has 1 amide bonds. The maximum absolute atomic E-state index is 12.7. The number of piperazine rings is 1. The van der Waals surface area contributed by atoms with Gasteiger partial charge in [-0.15, -0.1) is 0 Å². The van der Waals surface area contributed by atoms with Crippen LogP contribution < -0.4 is 4.90 Å². The van der Waals surface area contributed by atoms with Crippen LogP contribution in [0.4, 0.5) is 5.82 Å². The van der Waals surface area contributed by atoms with Crippen molar-refractivity contribution >= 4 is 28.8 Å². The largest absolute Gasteiger partial charge is 0.396 e. The Balaban J connectivity index is 1.42. The fourth-order valence-electron chi connectivity index (χ4n) is 5.56. The number of carbonyl (C=O) groups is 1. The topological polar surface area (TPSA) is 106 Å². The van der Waals surface area contributed by atoms with Crippen molar-refractivity contribution in [2.24, 2.45) is 5.92 Å². The van der Waals surface area contributed by atoms with Crippen LogP contribution in [-0.2, 0) is 4.79 Å². The Morgan fingerprint density at radius 1 is 1.19 bits per heavy atom. The molecule has 37 heavy (non-hydrogen) atoms. The number of nitrogens with zero attached hydrogens (tertiary/aromatic N) is 6. The van der Waals surface area contributed by atoms with E-state index in [1.54, 1.807) is 12.3 Å². The minimum Gasteiger partial charge on any atom is -0.396 e. The number of amides is 1. The molecule has 0 unspecified atom stereocenters. The summed E-state index contributed by atoms with van der Waals surface area (Å²) in [7, 11) is 0. The molecule has 0 spiro atoms. The number of hydrogen-bond donors (Lipinski definition) is 1. The minimum atomic E-state index is -0.129. The maximum Gasteiger partial charge on any atom is 0.225 e. The highest BCUT2D eigenvalue weighted by atomic mass is 16.3. The molecule has 2 saturated carbocycles. The van der Waals surface area contributed by atoms with E-state index in [1.165, 1.54) is 0 Å². The van der Waals surface area contributed by atoms with Gasteiger partial charge in [-0.1, -0.05) is 6.58 Å². The molecule has 0 aromatic carbocycles. The SMILES string of the molecule is C=Cc1cc(-c2cc(C#N)c(N3CCN(C(=O)CCO)[C@H](C4CC4)C3)nc2C2CC2)c2cccnc2n1. The summed E-state index contributed by atoms with van der Waals surface area (Å²) in [5.74, 6) is 1.57. The zero-order chi connectivity index (χ0) is 25.5. The first kappa shape index (κ1) is 23.6. The third-order valence-electron chi connectivity index (χ3n) is 7.75. The molecule has 6 rings (SSSR count). The Morgan fingerprint density at radius 2 is 2.03 bits per heavy atom. The first-order valence-electron chi connectivity index (χ1n) is 13.1. The van der Waals surface area contributed by atoms with Crippen LogP contribution in [0.2, 0.25) is 0 Å². The second-order valence-electron chi connectivity index (χ2n) is 10.3. The van der Waals surface area contributed by atoms with Crippen molar-refractivity contribution < 1.29 is 9.90 Å². The van der Waals surface area contributed by atoms with Gasteiger partial charge >= 0.3 is 0 Å². The molecular formula is C29H30N6O2. The van der Waals surface area contributed by atoms with Crippen molar-refractivity contribution in [3.05, 3.63) is 54.0 Å². The number of aromatic nitrogens is 3. The number of fused-ring (bicyclic) bond motifs is 1. The van der Waals surface area contributed by atoms with Gasteiger partial charge in [-0.05, 0) is 67.5 Å². The van der Waals surface area contributed by atoms with E-state index in [0.717, 1.165) is 53.6 Å². The van der Waals surface area contributed by atoms with Gasteiger partial charge in [0.15, 0.2) is 5.65 Å². The van der Waals surface area contributed by atoms with Gasteiger partial charge in [0.1, 0.15) is 11.9 Å². The summed E-state index contributed by atoms with van der Waals surface area (Å²) >= 11 is 0. The second kappa shape index (κ2) is 9.56. The van der Waals surface area contributed by atoms with Crippen LogP contribution in [0.25, 0.3) is 28.2 Å². The van der Waals surface area contributed by atoms with Crippen molar-refractivity contribution in [1.82, 2.24) is 19.9 Å². The standard InChI is InChI=1S/C29H30N6O2/c1-2-21-15-23(22-4-3-10-31-28(22)32-21)24-14-20(16-30)29(33-27(24)19-7-8-19)34-11-12-35(26(37)9-13-36)25(17-34)18-5-6-18/h2-4,10,14-15,18-19,25,36H,1,5-9,11-13,17H2/t25-/m0/s1. The van der Waals surface area contributed by atoms with Gasteiger partial charge < -0.3 is 14.9 Å². The van der Waals surface area contributed by atoms with Crippen LogP contribution in [0.3, 0.4) is 0 Å². The van der Waals surface area contributed by atoms with Crippen molar-refractivity contribution in [2.75, 3.05) is 31.1 Å². The van der Waals surface area contributed by atoms with E-state index < -0.39 is 0 Å². The minimum absolute atomic E-state index is 0.0118. The summed E-state index contributed by atoms with van der Waals surface area (Å²) in [6.07, 6.45) is 7.99. The van der Waals surface area contributed by atoms with E-state index in [1.807, 2.05) is 29.2 Å². The van der Waals surface area contributed by atoms with E-state index in [4.69, 9.17) is 4.98 Å². The summed E-state index contributed by atoms with van der Waals surface area (Å²) in [5.41, 5.74) is 4.87. The summed E-state index contributed by atoms with van der Waals surface area (Å²) in [6, 6.07) is 10.4. The molecule has 3 aliphatic rings. The molecule has 4 heterocycles. The molecule has 3 fully saturated rings. The molecule has 8 nitrogen and oxygen atoms in total. The highest BCUT2D eigenvalue weighted by Gasteiger charge is 2.41. The van der Waals surface area contributed by atoms with Crippen LogP contribution in [0.5, 0.6) is 0 Å². The molecule has 3 aromatic rings. The van der Waals surface area contributed by atoms with Crippen LogP contribution in [0.15, 0.2) is 37.0 Å². The van der Waals surface area contributed by atoms with E-state index in [-0.39, 0.29) is 25.0 Å². The number of aliphatic hydroxyl groups excluding tert-OH is 1. The number of hydrogen-bond acceptors (Lipinski definition) is 7. The number of pyridine rings is 3. The van der Waals surface area contributed by atoms with Crippen LogP contribution in [-0.4, -0.2) is 63.1 Å². The van der Waals surface area contributed by atoms with Gasteiger partial charge in [0.05, 0.1) is 29.6 Å². The van der Waals surface area contributed by atoms with Crippen molar-refractivity contribution in [1.29, 1.82) is 5.26 Å². The normalized spacial score (nSPS) is 19.6. The molecule has 0 bridgehead atoms.